The summed E-state index contributed by atoms with van der Waals surface area (Å²) < 4.78 is 37.7. The molecule has 0 saturated carbocycles. The Balaban J connectivity index is 1.20. The van der Waals surface area contributed by atoms with Crippen LogP contribution in [-0.2, 0) is 30.4 Å². The molecule has 5 aromatic carbocycles. The Morgan fingerprint density at radius 3 is 1.92 bits per heavy atom. The van der Waals surface area contributed by atoms with Crippen LogP contribution >= 0.6 is 0 Å². The van der Waals surface area contributed by atoms with Gasteiger partial charge in [-0.25, -0.2) is 4.98 Å². The number of ether oxygens (including phenoxy) is 6. The quantitative estimate of drug-likeness (QED) is 0.0991. The SMILES string of the molecule is COc1ccc(C(OC[C@H]2O[C@@](C(N)=O)(n3cnc4c(=O)[nH]c(NC(=O)COc5ccccc5)nc43)[C@H](Oc3ccccc3)[C@@H]2O)(c2ccccc2)c2ccc(OC)cc2)cc1. The molecule has 4 atom stereocenters. The highest BCUT2D eigenvalue weighted by Crippen LogP contribution is 2.45. The maximum Gasteiger partial charge on any atom is 0.280 e. The number of carbonyl (C=O) groups excluding carboxylic acids is 2. The summed E-state index contributed by atoms with van der Waals surface area (Å²) >= 11 is 0. The van der Waals surface area contributed by atoms with Crippen molar-refractivity contribution in [1.29, 1.82) is 0 Å². The first-order valence-electron chi connectivity index (χ1n) is 19.5. The molecular weight excluding hydrogens is 797 g/mol. The van der Waals surface area contributed by atoms with E-state index in [2.05, 4.69) is 20.3 Å². The molecule has 8 rings (SSSR count). The molecule has 3 heterocycles. The Labute approximate surface area is 354 Å². The summed E-state index contributed by atoms with van der Waals surface area (Å²) in [6.07, 6.45) is -3.34. The highest BCUT2D eigenvalue weighted by molar-refractivity contribution is 5.91. The molecule has 0 radical (unpaired) electrons. The molecule has 1 fully saturated rings. The minimum atomic E-state index is -2.40. The number of nitrogens with one attached hydrogen (secondary N) is 2. The monoisotopic (exact) mass is 838 g/mol. The number of aromatic nitrogens is 4. The highest BCUT2D eigenvalue weighted by Gasteiger charge is 2.63. The number of methoxy groups -OCH3 is 2. The number of nitrogens with two attached hydrogens (primary N) is 1. The Kier molecular flexibility index (Phi) is 11.7. The van der Waals surface area contributed by atoms with Crippen LogP contribution in [0.25, 0.3) is 11.2 Å². The molecule has 1 aliphatic heterocycles. The van der Waals surface area contributed by atoms with Crippen LogP contribution in [0.4, 0.5) is 5.95 Å². The lowest BCUT2D eigenvalue weighted by Crippen LogP contribution is -2.57. The fourth-order valence-corrected chi connectivity index (χ4v) is 7.56. The van der Waals surface area contributed by atoms with Crippen LogP contribution in [0.1, 0.15) is 16.7 Å². The van der Waals surface area contributed by atoms with E-state index in [1.165, 1.54) is 0 Å². The second-order valence-corrected chi connectivity index (χ2v) is 14.2. The first-order valence-corrected chi connectivity index (χ1v) is 19.5. The van der Waals surface area contributed by atoms with Gasteiger partial charge in [-0.2, -0.15) is 4.98 Å². The summed E-state index contributed by atoms with van der Waals surface area (Å²) in [5, 5.41) is 14.8. The van der Waals surface area contributed by atoms with E-state index in [4.69, 9.17) is 34.2 Å². The van der Waals surface area contributed by atoms with Crippen LogP contribution in [0, 0.1) is 0 Å². The van der Waals surface area contributed by atoms with Crippen molar-refractivity contribution < 1.29 is 43.1 Å². The number of benzene rings is 5. The van der Waals surface area contributed by atoms with E-state index in [1.807, 2.05) is 78.9 Å². The molecule has 16 heteroatoms. The summed E-state index contributed by atoms with van der Waals surface area (Å²) in [5.74, 6) is -0.0681. The van der Waals surface area contributed by atoms with Crippen molar-refractivity contribution >= 4 is 28.9 Å². The number of carbonyl (C=O) groups is 2. The molecule has 2 amide bonds. The summed E-state index contributed by atoms with van der Waals surface area (Å²) in [5.41, 5.74) is 3.49. The van der Waals surface area contributed by atoms with Gasteiger partial charge in [0.25, 0.3) is 23.1 Å². The summed E-state index contributed by atoms with van der Waals surface area (Å²) in [6.45, 7) is -0.751. The average molecular weight is 839 g/mol. The minimum Gasteiger partial charge on any atom is -0.497 e. The number of aliphatic hydroxyl groups is 1. The predicted octanol–water partition coefficient (Wildman–Crippen LogP) is 4.51. The number of nitrogens with zero attached hydrogens (tertiary/aromatic N) is 3. The van der Waals surface area contributed by atoms with Gasteiger partial charge in [-0.3, -0.25) is 29.3 Å². The molecule has 0 unspecified atom stereocenters. The number of para-hydroxylation sites is 2. The zero-order valence-electron chi connectivity index (χ0n) is 33.5. The van der Waals surface area contributed by atoms with Crippen molar-refractivity contribution in [2.24, 2.45) is 5.73 Å². The van der Waals surface area contributed by atoms with Gasteiger partial charge in [0.05, 0.1) is 20.8 Å². The Bertz CT molecular complexity index is 2650. The smallest absolute Gasteiger partial charge is 0.280 e. The van der Waals surface area contributed by atoms with Crippen molar-refractivity contribution in [3.05, 3.63) is 173 Å². The molecule has 1 saturated heterocycles. The van der Waals surface area contributed by atoms with Crippen molar-refractivity contribution in [1.82, 2.24) is 19.5 Å². The number of anilines is 1. The second-order valence-electron chi connectivity index (χ2n) is 14.2. The standard InChI is InChI=1S/C46H42N6O10/c1-57-32-22-18-30(19-23-32)45(29-12-6-3-7-13-29,31-20-24-33(58-2)25-21-31)60-26-36-39(54)40(61-35-16-10-5-11-17-35)46(62-36,43(47)56)52-28-48-38-41(52)50-44(51-42(38)55)49-37(53)27-59-34-14-8-4-9-15-34/h3-25,28,36,39-40,54H,26-27H2,1-2H3,(H2,47,56)(H2,49,50,51,53,55)/t36-,39-,40-,46+/m1/s1. The predicted molar refractivity (Wildman–Crippen MR) is 226 cm³/mol. The molecule has 316 valence electrons. The maximum atomic E-state index is 14.1. The van der Waals surface area contributed by atoms with Gasteiger partial charge in [0.15, 0.2) is 23.9 Å². The topological polar surface area (TPSA) is 211 Å². The number of H-pyrrole nitrogens is 1. The first kappa shape index (κ1) is 41.2. The van der Waals surface area contributed by atoms with Crippen LogP contribution in [0.3, 0.4) is 0 Å². The van der Waals surface area contributed by atoms with E-state index in [-0.39, 0.29) is 29.5 Å². The van der Waals surface area contributed by atoms with Crippen LogP contribution in [-0.4, -0.2) is 82.2 Å². The van der Waals surface area contributed by atoms with E-state index in [9.17, 15) is 19.5 Å². The molecule has 62 heavy (non-hydrogen) atoms. The number of hydrogen-bond donors (Lipinski definition) is 4. The molecular formula is C46H42N6O10. The van der Waals surface area contributed by atoms with E-state index in [0.717, 1.165) is 16.5 Å². The number of aliphatic hydroxyl groups excluding tert-OH is 1. The van der Waals surface area contributed by atoms with Gasteiger partial charge >= 0.3 is 0 Å². The maximum absolute atomic E-state index is 14.1. The lowest BCUT2D eigenvalue weighted by atomic mass is 9.80. The van der Waals surface area contributed by atoms with Crippen molar-refractivity contribution in [2.75, 3.05) is 32.8 Å². The van der Waals surface area contributed by atoms with E-state index >= 15 is 0 Å². The number of hydrogen-bond acceptors (Lipinski definition) is 12. The third kappa shape index (κ3) is 7.80. The summed E-state index contributed by atoms with van der Waals surface area (Å²) in [6, 6.07) is 41.4. The van der Waals surface area contributed by atoms with Gasteiger partial charge in [-0.05, 0) is 65.2 Å². The average Bonchev–Trinajstić information content (AvgIpc) is 3.86. The van der Waals surface area contributed by atoms with Crippen LogP contribution in [0.5, 0.6) is 23.0 Å². The molecule has 0 aliphatic carbocycles. The van der Waals surface area contributed by atoms with Crippen molar-refractivity contribution in [2.45, 2.75) is 29.6 Å². The summed E-state index contributed by atoms with van der Waals surface area (Å²) in [4.78, 5) is 51.7. The van der Waals surface area contributed by atoms with Gasteiger partial charge in [0, 0.05) is 0 Å². The molecule has 0 bridgehead atoms. The molecule has 2 aromatic heterocycles. The third-order valence-electron chi connectivity index (χ3n) is 10.5. The zero-order valence-corrected chi connectivity index (χ0v) is 33.5. The number of primary amides is 1. The number of imidazole rings is 1. The van der Waals surface area contributed by atoms with E-state index in [0.29, 0.717) is 28.4 Å². The summed E-state index contributed by atoms with van der Waals surface area (Å²) in [7, 11) is 3.15. The molecule has 0 spiro atoms. The van der Waals surface area contributed by atoms with Gasteiger partial charge < -0.3 is 39.3 Å². The van der Waals surface area contributed by atoms with E-state index < -0.39 is 53.6 Å². The Hall–Kier alpha value is -7.53. The number of amides is 2. The van der Waals surface area contributed by atoms with Gasteiger partial charge in [0.2, 0.25) is 5.95 Å². The lowest BCUT2D eigenvalue weighted by molar-refractivity contribution is -0.174. The normalized spacial score (nSPS) is 18.5. The number of fused-ring (bicyclic) bond motifs is 1. The Morgan fingerprint density at radius 1 is 0.806 bits per heavy atom. The van der Waals surface area contributed by atoms with Gasteiger partial charge in [-0.1, -0.05) is 91.0 Å². The van der Waals surface area contributed by atoms with Gasteiger partial charge in [-0.15, -0.1) is 0 Å². The number of rotatable bonds is 16. The molecule has 1 aliphatic rings. The zero-order chi connectivity index (χ0) is 43.3. The first-order chi connectivity index (χ1) is 30.2. The third-order valence-corrected chi connectivity index (χ3v) is 10.5. The largest absolute Gasteiger partial charge is 0.497 e. The van der Waals surface area contributed by atoms with Crippen LogP contribution < -0.4 is 35.6 Å². The number of aromatic amines is 1. The molecule has 16 nitrogen and oxygen atoms in total. The van der Waals surface area contributed by atoms with Crippen LogP contribution in [0.2, 0.25) is 0 Å². The molecule has 7 aromatic rings. The van der Waals surface area contributed by atoms with Crippen LogP contribution in [0.15, 0.2) is 151 Å². The minimum absolute atomic E-state index is 0.211. The van der Waals surface area contributed by atoms with Crippen molar-refractivity contribution in [3.8, 4) is 23.0 Å². The fourth-order valence-electron chi connectivity index (χ4n) is 7.56. The fraction of sp³-hybridized carbons (Fsp3) is 0.196. The molecule has 5 N–H and O–H groups in total. The second kappa shape index (κ2) is 17.6. The van der Waals surface area contributed by atoms with Crippen molar-refractivity contribution in [3.63, 3.8) is 0 Å². The van der Waals surface area contributed by atoms with E-state index in [1.54, 1.807) is 74.9 Å². The highest BCUT2D eigenvalue weighted by atomic mass is 16.6. The Morgan fingerprint density at radius 2 is 1.35 bits per heavy atom. The lowest BCUT2D eigenvalue weighted by Gasteiger charge is -2.37. The van der Waals surface area contributed by atoms with Gasteiger partial charge in [0.1, 0.15) is 47.1 Å².